The SMILES string of the molecule is CCCCCCCCCCCCCCCCCCC(=O)OC[C@H](COC(=O)CCCCCCCCC)OC(=O)CCCCCCCCCCCCCCCC(C)C. The molecule has 0 radical (unpaired) electrons. The first-order chi connectivity index (χ1) is 27.9. The summed E-state index contributed by atoms with van der Waals surface area (Å²) in [6.07, 6.45) is 46.7. The summed E-state index contributed by atoms with van der Waals surface area (Å²) in [6, 6.07) is 0. The summed E-state index contributed by atoms with van der Waals surface area (Å²) in [4.78, 5) is 37.7. The lowest BCUT2D eigenvalue weighted by molar-refractivity contribution is -0.167. The maximum absolute atomic E-state index is 12.7. The van der Waals surface area contributed by atoms with E-state index in [2.05, 4.69) is 27.7 Å². The zero-order valence-corrected chi connectivity index (χ0v) is 38.8. The molecule has 0 N–H and O–H groups in total. The third-order valence-electron chi connectivity index (χ3n) is 11.5. The van der Waals surface area contributed by atoms with E-state index in [4.69, 9.17) is 14.2 Å². The molecular weight excluding hydrogens is 709 g/mol. The summed E-state index contributed by atoms with van der Waals surface area (Å²) >= 11 is 0. The zero-order chi connectivity index (χ0) is 41.7. The van der Waals surface area contributed by atoms with Crippen molar-refractivity contribution in [3.63, 3.8) is 0 Å². The molecular formula is C51H98O6. The number of carbonyl (C=O) groups is 3. The number of hydrogen-bond donors (Lipinski definition) is 0. The van der Waals surface area contributed by atoms with E-state index in [0.29, 0.717) is 19.3 Å². The molecule has 0 aliphatic rings. The molecule has 0 heterocycles. The minimum Gasteiger partial charge on any atom is -0.462 e. The lowest BCUT2D eigenvalue weighted by Crippen LogP contribution is -2.30. The highest BCUT2D eigenvalue weighted by atomic mass is 16.6. The van der Waals surface area contributed by atoms with Crippen LogP contribution in [0.15, 0.2) is 0 Å². The molecule has 0 fully saturated rings. The molecule has 0 spiro atoms. The van der Waals surface area contributed by atoms with Gasteiger partial charge in [-0.25, -0.2) is 0 Å². The average Bonchev–Trinajstić information content (AvgIpc) is 3.19. The molecule has 6 nitrogen and oxygen atoms in total. The predicted molar refractivity (Wildman–Crippen MR) is 243 cm³/mol. The summed E-state index contributed by atoms with van der Waals surface area (Å²) in [6.45, 7) is 8.99. The van der Waals surface area contributed by atoms with Crippen molar-refractivity contribution >= 4 is 17.9 Å². The van der Waals surface area contributed by atoms with Crippen molar-refractivity contribution in [3.05, 3.63) is 0 Å². The lowest BCUT2D eigenvalue weighted by Gasteiger charge is -2.18. The molecule has 338 valence electrons. The molecule has 0 aromatic heterocycles. The minimum atomic E-state index is -0.759. The van der Waals surface area contributed by atoms with Crippen molar-refractivity contribution in [2.75, 3.05) is 13.2 Å². The minimum absolute atomic E-state index is 0.0632. The van der Waals surface area contributed by atoms with Gasteiger partial charge in [0.05, 0.1) is 0 Å². The van der Waals surface area contributed by atoms with Gasteiger partial charge in [0.15, 0.2) is 6.10 Å². The van der Waals surface area contributed by atoms with Crippen LogP contribution in [-0.4, -0.2) is 37.2 Å². The normalized spacial score (nSPS) is 11.9. The maximum atomic E-state index is 12.7. The summed E-state index contributed by atoms with van der Waals surface area (Å²) in [7, 11) is 0. The number of esters is 3. The summed E-state index contributed by atoms with van der Waals surface area (Å²) < 4.78 is 16.7. The largest absolute Gasteiger partial charge is 0.462 e. The lowest BCUT2D eigenvalue weighted by atomic mass is 10.0. The van der Waals surface area contributed by atoms with Crippen LogP contribution in [0.25, 0.3) is 0 Å². The van der Waals surface area contributed by atoms with Crippen LogP contribution < -0.4 is 0 Å². The quantitative estimate of drug-likeness (QED) is 0.0346. The Hall–Kier alpha value is -1.59. The fourth-order valence-corrected chi connectivity index (χ4v) is 7.69. The van der Waals surface area contributed by atoms with Gasteiger partial charge in [0.2, 0.25) is 0 Å². The Kier molecular flexibility index (Phi) is 44.2. The fraction of sp³-hybridized carbons (Fsp3) is 0.941. The average molecular weight is 807 g/mol. The highest BCUT2D eigenvalue weighted by Gasteiger charge is 2.19. The number of unbranched alkanes of at least 4 members (excludes halogenated alkanes) is 33. The molecule has 0 bridgehead atoms. The molecule has 0 unspecified atom stereocenters. The van der Waals surface area contributed by atoms with E-state index in [-0.39, 0.29) is 31.1 Å². The second-order valence-corrected chi connectivity index (χ2v) is 17.9. The Labute approximate surface area is 355 Å². The Morgan fingerprint density at radius 2 is 0.579 bits per heavy atom. The molecule has 0 saturated carbocycles. The molecule has 6 heteroatoms. The summed E-state index contributed by atoms with van der Waals surface area (Å²) in [5, 5.41) is 0. The van der Waals surface area contributed by atoms with Crippen LogP contribution in [0.5, 0.6) is 0 Å². The smallest absolute Gasteiger partial charge is 0.306 e. The van der Waals surface area contributed by atoms with Crippen LogP contribution in [0, 0.1) is 5.92 Å². The summed E-state index contributed by atoms with van der Waals surface area (Å²) in [5.41, 5.74) is 0. The molecule has 0 saturated heterocycles. The Morgan fingerprint density at radius 1 is 0.333 bits per heavy atom. The second-order valence-electron chi connectivity index (χ2n) is 17.9. The van der Waals surface area contributed by atoms with Gasteiger partial charge in [-0.15, -0.1) is 0 Å². The molecule has 0 amide bonds. The van der Waals surface area contributed by atoms with E-state index >= 15 is 0 Å². The van der Waals surface area contributed by atoms with Gasteiger partial charge in [-0.1, -0.05) is 246 Å². The van der Waals surface area contributed by atoms with Crippen molar-refractivity contribution in [2.45, 2.75) is 291 Å². The van der Waals surface area contributed by atoms with Gasteiger partial charge in [-0.3, -0.25) is 14.4 Å². The first-order valence-electron chi connectivity index (χ1n) is 25.4. The highest BCUT2D eigenvalue weighted by Crippen LogP contribution is 2.17. The van der Waals surface area contributed by atoms with Gasteiger partial charge in [0.1, 0.15) is 13.2 Å². The van der Waals surface area contributed by atoms with Crippen LogP contribution in [-0.2, 0) is 28.6 Å². The van der Waals surface area contributed by atoms with Crippen molar-refractivity contribution in [3.8, 4) is 0 Å². The maximum Gasteiger partial charge on any atom is 0.306 e. The number of ether oxygens (including phenoxy) is 3. The van der Waals surface area contributed by atoms with E-state index in [9.17, 15) is 14.4 Å². The number of rotatable bonds is 46. The monoisotopic (exact) mass is 807 g/mol. The van der Waals surface area contributed by atoms with E-state index in [0.717, 1.165) is 63.7 Å². The van der Waals surface area contributed by atoms with Crippen LogP contribution in [0.2, 0.25) is 0 Å². The third-order valence-corrected chi connectivity index (χ3v) is 11.5. The topological polar surface area (TPSA) is 78.9 Å². The van der Waals surface area contributed by atoms with Crippen LogP contribution >= 0.6 is 0 Å². The standard InChI is InChI=1S/C51H98O6/c1-5-7-9-11-13-14-15-16-17-18-21-24-27-31-35-39-43-50(53)56-46-48(45-55-49(52)42-38-34-29-12-10-8-6-2)57-51(54)44-40-36-32-28-25-22-19-20-23-26-30-33-37-41-47(3)4/h47-48H,5-46H2,1-4H3/t48-/m0/s1. The Balaban J connectivity index is 4.20. The van der Waals surface area contributed by atoms with Gasteiger partial charge in [-0.05, 0) is 25.2 Å². The molecule has 0 rings (SSSR count). The van der Waals surface area contributed by atoms with Gasteiger partial charge in [-0.2, -0.15) is 0 Å². The van der Waals surface area contributed by atoms with Crippen molar-refractivity contribution in [1.29, 1.82) is 0 Å². The fourth-order valence-electron chi connectivity index (χ4n) is 7.69. The summed E-state index contributed by atoms with van der Waals surface area (Å²) in [5.74, 6) is -0.0140. The molecule has 0 aromatic carbocycles. The number of carbonyl (C=O) groups excluding carboxylic acids is 3. The van der Waals surface area contributed by atoms with Crippen molar-refractivity contribution < 1.29 is 28.6 Å². The second kappa shape index (κ2) is 45.5. The van der Waals surface area contributed by atoms with Gasteiger partial charge >= 0.3 is 17.9 Å². The Bertz CT molecular complexity index is 857. The van der Waals surface area contributed by atoms with E-state index in [1.807, 2.05) is 0 Å². The van der Waals surface area contributed by atoms with Gasteiger partial charge in [0, 0.05) is 19.3 Å². The van der Waals surface area contributed by atoms with Crippen LogP contribution in [0.1, 0.15) is 285 Å². The van der Waals surface area contributed by atoms with E-state index in [1.165, 1.54) is 180 Å². The third kappa shape index (κ3) is 45.3. The van der Waals surface area contributed by atoms with Crippen molar-refractivity contribution in [1.82, 2.24) is 0 Å². The van der Waals surface area contributed by atoms with E-state index in [1.54, 1.807) is 0 Å². The van der Waals surface area contributed by atoms with Gasteiger partial charge < -0.3 is 14.2 Å². The first-order valence-corrected chi connectivity index (χ1v) is 25.4. The first kappa shape index (κ1) is 55.4. The zero-order valence-electron chi connectivity index (χ0n) is 38.8. The molecule has 0 aliphatic heterocycles. The molecule has 1 atom stereocenters. The van der Waals surface area contributed by atoms with Gasteiger partial charge in [0.25, 0.3) is 0 Å². The van der Waals surface area contributed by atoms with E-state index < -0.39 is 6.10 Å². The molecule has 57 heavy (non-hydrogen) atoms. The van der Waals surface area contributed by atoms with Crippen LogP contribution in [0.4, 0.5) is 0 Å². The van der Waals surface area contributed by atoms with Crippen LogP contribution in [0.3, 0.4) is 0 Å². The van der Waals surface area contributed by atoms with Crippen molar-refractivity contribution in [2.24, 2.45) is 5.92 Å². The highest BCUT2D eigenvalue weighted by molar-refractivity contribution is 5.71. The Morgan fingerprint density at radius 3 is 0.860 bits per heavy atom. The predicted octanol–water partition coefficient (Wildman–Crippen LogP) is 16.3. The molecule has 0 aliphatic carbocycles. The molecule has 0 aromatic rings. The number of hydrogen-bond acceptors (Lipinski definition) is 6.